The number of amides is 1. The zero-order valence-corrected chi connectivity index (χ0v) is 4.39. The van der Waals surface area contributed by atoms with Gasteiger partial charge in [-0.15, -0.1) is 0 Å². The second kappa shape index (κ2) is 3.92. The van der Waals surface area contributed by atoms with Crippen molar-refractivity contribution in [3.05, 3.63) is 25.6 Å². The SMILES string of the molecule is C=CNC(=O)OC=C. The van der Waals surface area contributed by atoms with E-state index in [0.29, 0.717) is 0 Å². The highest BCUT2D eigenvalue weighted by atomic mass is 16.5. The Morgan fingerprint density at radius 3 is 2.62 bits per heavy atom. The average molecular weight is 113 g/mol. The third-order valence-corrected chi connectivity index (χ3v) is 0.410. The molecule has 3 nitrogen and oxygen atoms in total. The van der Waals surface area contributed by atoms with Gasteiger partial charge in [-0.2, -0.15) is 0 Å². The predicted octanol–water partition coefficient (Wildman–Crippen LogP) is 1.000. The summed E-state index contributed by atoms with van der Waals surface area (Å²) in [5, 5.41) is 2.18. The summed E-state index contributed by atoms with van der Waals surface area (Å²) in [4.78, 5) is 10.2. The zero-order chi connectivity index (χ0) is 6.41. The second-order valence-corrected chi connectivity index (χ2v) is 0.920. The number of carbonyl (C=O) groups excluding carboxylic acids is 1. The Labute approximate surface area is 47.6 Å². The molecule has 8 heavy (non-hydrogen) atoms. The maximum Gasteiger partial charge on any atom is 0.415 e. The number of rotatable bonds is 2. The van der Waals surface area contributed by atoms with E-state index in [9.17, 15) is 4.79 Å². The monoisotopic (exact) mass is 113 g/mol. The number of nitrogens with one attached hydrogen (secondary N) is 1. The van der Waals surface area contributed by atoms with Gasteiger partial charge >= 0.3 is 6.09 Å². The minimum Gasteiger partial charge on any atom is -0.419 e. The zero-order valence-electron chi connectivity index (χ0n) is 4.39. The van der Waals surface area contributed by atoms with Crippen LogP contribution < -0.4 is 5.32 Å². The van der Waals surface area contributed by atoms with Crippen molar-refractivity contribution in [2.24, 2.45) is 0 Å². The maximum absolute atomic E-state index is 10.2. The third kappa shape index (κ3) is 2.96. The van der Waals surface area contributed by atoms with Crippen molar-refractivity contribution < 1.29 is 9.53 Å². The summed E-state index contributed by atoms with van der Waals surface area (Å²) in [5.41, 5.74) is 0. The predicted molar refractivity (Wildman–Crippen MR) is 30.0 cm³/mol. The molecular formula is C5H7NO2. The highest BCUT2D eigenvalue weighted by Gasteiger charge is 1.89. The van der Waals surface area contributed by atoms with Gasteiger partial charge in [-0.3, -0.25) is 5.32 Å². The van der Waals surface area contributed by atoms with E-state index < -0.39 is 6.09 Å². The van der Waals surface area contributed by atoms with Crippen LogP contribution in [0.1, 0.15) is 0 Å². The fourth-order valence-corrected chi connectivity index (χ4v) is 0.193. The van der Waals surface area contributed by atoms with Gasteiger partial charge in [0.25, 0.3) is 0 Å². The van der Waals surface area contributed by atoms with Crippen LogP contribution in [0.25, 0.3) is 0 Å². The fraction of sp³-hybridized carbons (Fsp3) is 0. The molecule has 0 rings (SSSR count). The average Bonchev–Trinajstić information content (AvgIpc) is 1.68. The first kappa shape index (κ1) is 6.75. The van der Waals surface area contributed by atoms with Crippen molar-refractivity contribution in [1.29, 1.82) is 0 Å². The standard InChI is InChI=1S/C5H7NO2/c1-3-6-5(7)8-4-2/h3-4H,1-2H2,(H,6,7). The van der Waals surface area contributed by atoms with Crippen molar-refractivity contribution in [2.75, 3.05) is 0 Å². The number of alkyl carbamates (subject to hydrolysis) is 1. The van der Waals surface area contributed by atoms with E-state index in [2.05, 4.69) is 23.2 Å². The Balaban J connectivity index is 3.32. The van der Waals surface area contributed by atoms with Gasteiger partial charge in [0, 0.05) is 0 Å². The van der Waals surface area contributed by atoms with Crippen LogP contribution in [0.5, 0.6) is 0 Å². The van der Waals surface area contributed by atoms with Gasteiger partial charge in [0.05, 0.1) is 6.26 Å². The summed E-state index contributed by atoms with van der Waals surface area (Å²) in [6.45, 7) is 6.40. The molecule has 0 unspecified atom stereocenters. The Morgan fingerprint density at radius 2 is 2.25 bits per heavy atom. The first-order chi connectivity index (χ1) is 3.81. The molecule has 0 atom stereocenters. The molecule has 0 spiro atoms. The minimum absolute atomic E-state index is 0.574. The molecule has 0 saturated heterocycles. The normalized spacial score (nSPS) is 7.00. The molecule has 0 saturated carbocycles. The summed E-state index contributed by atoms with van der Waals surface area (Å²) in [6.07, 6.45) is 1.69. The van der Waals surface area contributed by atoms with E-state index in [-0.39, 0.29) is 0 Å². The van der Waals surface area contributed by atoms with Crippen LogP contribution in [0.4, 0.5) is 4.79 Å². The Hall–Kier alpha value is -1.25. The van der Waals surface area contributed by atoms with E-state index in [1.54, 1.807) is 0 Å². The molecule has 1 amide bonds. The summed E-state index contributed by atoms with van der Waals surface area (Å²) in [5.74, 6) is 0. The minimum atomic E-state index is -0.574. The fourth-order valence-electron chi connectivity index (χ4n) is 0.193. The van der Waals surface area contributed by atoms with Gasteiger partial charge in [0.15, 0.2) is 0 Å². The van der Waals surface area contributed by atoms with Gasteiger partial charge < -0.3 is 4.74 Å². The molecule has 0 aliphatic carbocycles. The van der Waals surface area contributed by atoms with Crippen LogP contribution in [0.15, 0.2) is 25.6 Å². The first-order valence-electron chi connectivity index (χ1n) is 2.00. The highest BCUT2D eigenvalue weighted by Crippen LogP contribution is 1.73. The van der Waals surface area contributed by atoms with Crippen molar-refractivity contribution >= 4 is 6.09 Å². The van der Waals surface area contributed by atoms with Gasteiger partial charge in [0.2, 0.25) is 0 Å². The van der Waals surface area contributed by atoms with E-state index in [4.69, 9.17) is 0 Å². The number of ether oxygens (including phenoxy) is 1. The Bertz CT molecular complexity index is 97.0. The molecular weight excluding hydrogens is 106 g/mol. The van der Waals surface area contributed by atoms with Gasteiger partial charge in [-0.05, 0) is 6.20 Å². The quantitative estimate of drug-likeness (QED) is 0.542. The lowest BCUT2D eigenvalue weighted by Crippen LogP contribution is -2.14. The van der Waals surface area contributed by atoms with E-state index in [1.807, 2.05) is 0 Å². The Kier molecular flexibility index (Phi) is 3.31. The molecule has 0 aliphatic rings. The lowest BCUT2D eigenvalue weighted by molar-refractivity contribution is 0.190. The molecule has 0 aromatic heterocycles. The van der Waals surface area contributed by atoms with E-state index in [1.165, 1.54) is 6.20 Å². The molecule has 0 fully saturated rings. The van der Waals surface area contributed by atoms with E-state index >= 15 is 0 Å². The third-order valence-electron chi connectivity index (χ3n) is 0.410. The maximum atomic E-state index is 10.2. The molecule has 0 bridgehead atoms. The summed E-state index contributed by atoms with van der Waals surface area (Å²) < 4.78 is 4.22. The molecule has 0 heterocycles. The number of hydrogen-bond acceptors (Lipinski definition) is 2. The molecule has 3 heteroatoms. The largest absolute Gasteiger partial charge is 0.419 e. The van der Waals surface area contributed by atoms with E-state index in [0.717, 1.165) is 6.26 Å². The number of carbonyl (C=O) groups is 1. The van der Waals surface area contributed by atoms with Gasteiger partial charge in [-0.1, -0.05) is 13.2 Å². The van der Waals surface area contributed by atoms with Crippen molar-refractivity contribution in [2.45, 2.75) is 0 Å². The molecule has 44 valence electrons. The molecule has 0 radical (unpaired) electrons. The van der Waals surface area contributed by atoms with Crippen molar-refractivity contribution in [1.82, 2.24) is 5.32 Å². The van der Waals surface area contributed by atoms with Crippen LogP contribution in [0.3, 0.4) is 0 Å². The topological polar surface area (TPSA) is 38.3 Å². The van der Waals surface area contributed by atoms with Crippen molar-refractivity contribution in [3.63, 3.8) is 0 Å². The first-order valence-corrected chi connectivity index (χ1v) is 2.00. The van der Waals surface area contributed by atoms with Crippen LogP contribution in [-0.4, -0.2) is 6.09 Å². The second-order valence-electron chi connectivity index (χ2n) is 0.920. The van der Waals surface area contributed by atoms with Crippen LogP contribution >= 0.6 is 0 Å². The number of hydrogen-bond donors (Lipinski definition) is 1. The lowest BCUT2D eigenvalue weighted by Gasteiger charge is -1.92. The van der Waals surface area contributed by atoms with Gasteiger partial charge in [-0.25, -0.2) is 4.79 Å². The molecule has 0 aromatic carbocycles. The Morgan fingerprint density at radius 1 is 1.62 bits per heavy atom. The van der Waals surface area contributed by atoms with Crippen LogP contribution in [0.2, 0.25) is 0 Å². The highest BCUT2D eigenvalue weighted by molar-refractivity contribution is 5.68. The van der Waals surface area contributed by atoms with Gasteiger partial charge in [0.1, 0.15) is 0 Å². The summed E-state index contributed by atoms with van der Waals surface area (Å²) >= 11 is 0. The molecule has 0 aliphatic heterocycles. The lowest BCUT2D eigenvalue weighted by atomic mass is 10.9. The van der Waals surface area contributed by atoms with Crippen LogP contribution in [0, 0.1) is 0 Å². The smallest absolute Gasteiger partial charge is 0.415 e. The molecule has 1 N–H and O–H groups in total. The van der Waals surface area contributed by atoms with Crippen molar-refractivity contribution in [3.8, 4) is 0 Å². The molecule has 0 aromatic rings. The van der Waals surface area contributed by atoms with Crippen LogP contribution in [-0.2, 0) is 4.74 Å². The summed E-state index contributed by atoms with van der Waals surface area (Å²) in [7, 11) is 0. The summed E-state index contributed by atoms with van der Waals surface area (Å²) in [6, 6.07) is 0.